The molecule has 1 rings (SSSR count). The summed E-state index contributed by atoms with van der Waals surface area (Å²) in [4.78, 5) is 3.88. The van der Waals surface area contributed by atoms with E-state index in [1.54, 1.807) is 7.05 Å². The minimum Gasteiger partial charge on any atom is -0.308 e. The first kappa shape index (κ1) is 11.0. The van der Waals surface area contributed by atoms with E-state index in [9.17, 15) is 13.2 Å². The van der Waals surface area contributed by atoms with Gasteiger partial charge in [0.1, 0.15) is 6.33 Å². The maximum absolute atomic E-state index is 11.7. The predicted octanol–water partition coefficient (Wildman–Crippen LogP) is 0.509. The lowest BCUT2D eigenvalue weighted by molar-refractivity contribution is -0.124. The van der Waals surface area contributed by atoms with Gasteiger partial charge in [0.2, 0.25) is 0 Å². The SMILES string of the molecule is Cn1cnc(CCNCC(F)(F)F)n1. The zero-order valence-corrected chi connectivity index (χ0v) is 7.67. The van der Waals surface area contributed by atoms with Gasteiger partial charge in [0.05, 0.1) is 6.54 Å². The van der Waals surface area contributed by atoms with E-state index in [2.05, 4.69) is 15.4 Å². The highest BCUT2D eigenvalue weighted by Gasteiger charge is 2.25. The Morgan fingerprint density at radius 3 is 2.71 bits per heavy atom. The van der Waals surface area contributed by atoms with Crippen LogP contribution in [0.25, 0.3) is 0 Å². The van der Waals surface area contributed by atoms with Gasteiger partial charge in [0.15, 0.2) is 5.82 Å². The summed E-state index contributed by atoms with van der Waals surface area (Å²) < 4.78 is 36.6. The number of nitrogens with one attached hydrogen (secondary N) is 1. The first-order chi connectivity index (χ1) is 6.47. The second-order valence-electron chi connectivity index (χ2n) is 2.88. The van der Waals surface area contributed by atoms with Gasteiger partial charge in [-0.25, -0.2) is 4.98 Å². The first-order valence-corrected chi connectivity index (χ1v) is 4.09. The number of hydrogen-bond acceptors (Lipinski definition) is 3. The highest BCUT2D eigenvalue weighted by molar-refractivity contribution is 4.81. The molecular weight excluding hydrogens is 197 g/mol. The molecule has 0 saturated heterocycles. The molecule has 0 aromatic carbocycles. The van der Waals surface area contributed by atoms with Crippen molar-refractivity contribution in [3.8, 4) is 0 Å². The lowest BCUT2D eigenvalue weighted by Gasteiger charge is -2.06. The number of halogens is 3. The minimum absolute atomic E-state index is 0.226. The van der Waals surface area contributed by atoms with E-state index in [1.807, 2.05) is 0 Å². The van der Waals surface area contributed by atoms with Crippen molar-refractivity contribution in [3.05, 3.63) is 12.2 Å². The second-order valence-corrected chi connectivity index (χ2v) is 2.88. The minimum atomic E-state index is -4.16. The molecule has 0 atom stereocenters. The Labute approximate surface area is 79.1 Å². The fourth-order valence-corrected chi connectivity index (χ4v) is 0.929. The first-order valence-electron chi connectivity index (χ1n) is 4.09. The van der Waals surface area contributed by atoms with Crippen LogP contribution in [0.3, 0.4) is 0 Å². The highest BCUT2D eigenvalue weighted by atomic mass is 19.4. The molecule has 1 N–H and O–H groups in total. The van der Waals surface area contributed by atoms with Crippen LogP contribution < -0.4 is 5.32 Å². The molecule has 0 saturated carbocycles. The van der Waals surface area contributed by atoms with Gasteiger partial charge in [0.25, 0.3) is 0 Å². The van der Waals surface area contributed by atoms with Crippen molar-refractivity contribution in [1.29, 1.82) is 0 Å². The monoisotopic (exact) mass is 208 g/mol. The van der Waals surface area contributed by atoms with Crippen LogP contribution in [0.1, 0.15) is 5.82 Å². The fraction of sp³-hybridized carbons (Fsp3) is 0.714. The van der Waals surface area contributed by atoms with Crippen molar-refractivity contribution >= 4 is 0 Å². The Morgan fingerprint density at radius 2 is 2.21 bits per heavy atom. The number of nitrogens with zero attached hydrogens (tertiary/aromatic N) is 3. The number of aryl methyl sites for hydroxylation is 1. The molecule has 0 bridgehead atoms. The zero-order valence-electron chi connectivity index (χ0n) is 7.67. The predicted molar refractivity (Wildman–Crippen MR) is 43.6 cm³/mol. The number of rotatable bonds is 4. The van der Waals surface area contributed by atoms with Crippen molar-refractivity contribution in [2.24, 2.45) is 7.05 Å². The zero-order chi connectivity index (χ0) is 10.6. The smallest absolute Gasteiger partial charge is 0.308 e. The van der Waals surface area contributed by atoms with Gasteiger partial charge < -0.3 is 5.32 Å². The van der Waals surface area contributed by atoms with E-state index in [4.69, 9.17) is 0 Å². The molecule has 0 amide bonds. The van der Waals surface area contributed by atoms with Gasteiger partial charge in [-0.05, 0) is 0 Å². The summed E-state index contributed by atoms with van der Waals surface area (Å²) >= 11 is 0. The topological polar surface area (TPSA) is 42.7 Å². The van der Waals surface area contributed by atoms with Crippen molar-refractivity contribution in [1.82, 2.24) is 20.1 Å². The van der Waals surface area contributed by atoms with E-state index in [-0.39, 0.29) is 6.54 Å². The number of aromatic nitrogens is 3. The molecule has 0 unspecified atom stereocenters. The molecule has 14 heavy (non-hydrogen) atoms. The van der Waals surface area contributed by atoms with Crippen molar-refractivity contribution in [3.63, 3.8) is 0 Å². The van der Waals surface area contributed by atoms with Crippen LogP contribution in [0, 0.1) is 0 Å². The van der Waals surface area contributed by atoms with E-state index in [0.29, 0.717) is 12.2 Å². The quantitative estimate of drug-likeness (QED) is 0.733. The second kappa shape index (κ2) is 4.41. The molecule has 4 nitrogen and oxygen atoms in total. The molecule has 1 heterocycles. The highest BCUT2D eigenvalue weighted by Crippen LogP contribution is 2.11. The Bertz CT molecular complexity index is 281. The summed E-state index contributed by atoms with van der Waals surface area (Å²) in [7, 11) is 1.71. The van der Waals surface area contributed by atoms with Crippen LogP contribution in [-0.4, -0.2) is 34.0 Å². The summed E-state index contributed by atoms with van der Waals surface area (Å²) in [6.07, 6.45) is -2.24. The molecule has 80 valence electrons. The van der Waals surface area contributed by atoms with E-state index < -0.39 is 12.7 Å². The van der Waals surface area contributed by atoms with Gasteiger partial charge in [-0.2, -0.15) is 18.3 Å². The van der Waals surface area contributed by atoms with Crippen molar-refractivity contribution in [2.45, 2.75) is 12.6 Å². The Hall–Kier alpha value is -1.11. The molecule has 0 radical (unpaired) electrons. The largest absolute Gasteiger partial charge is 0.401 e. The summed E-state index contributed by atoms with van der Waals surface area (Å²) in [5.74, 6) is 0.544. The van der Waals surface area contributed by atoms with Gasteiger partial charge in [-0.1, -0.05) is 0 Å². The summed E-state index contributed by atoms with van der Waals surface area (Å²) in [6, 6.07) is 0. The third-order valence-corrected chi connectivity index (χ3v) is 1.50. The van der Waals surface area contributed by atoms with E-state index in [0.717, 1.165) is 0 Å². The van der Waals surface area contributed by atoms with Crippen LogP contribution in [0.4, 0.5) is 13.2 Å². The fourth-order valence-electron chi connectivity index (χ4n) is 0.929. The van der Waals surface area contributed by atoms with E-state index in [1.165, 1.54) is 11.0 Å². The lowest BCUT2D eigenvalue weighted by atomic mass is 10.4. The van der Waals surface area contributed by atoms with Gasteiger partial charge >= 0.3 is 6.18 Å². The molecule has 0 fully saturated rings. The average Bonchev–Trinajstić information content (AvgIpc) is 2.44. The Balaban J connectivity index is 2.16. The molecular formula is C7H11F3N4. The average molecular weight is 208 g/mol. The van der Waals surface area contributed by atoms with Crippen LogP contribution >= 0.6 is 0 Å². The number of alkyl halides is 3. The molecule has 7 heteroatoms. The van der Waals surface area contributed by atoms with Crippen LogP contribution in [-0.2, 0) is 13.5 Å². The molecule has 0 aliphatic rings. The Kier molecular flexibility index (Phi) is 3.45. The summed E-state index contributed by atoms with van der Waals surface area (Å²) in [5.41, 5.74) is 0. The van der Waals surface area contributed by atoms with Gasteiger partial charge in [-0.3, -0.25) is 4.68 Å². The normalized spacial score (nSPS) is 12.0. The molecule has 0 spiro atoms. The third-order valence-electron chi connectivity index (χ3n) is 1.50. The molecule has 1 aromatic heterocycles. The van der Waals surface area contributed by atoms with Crippen LogP contribution in [0.15, 0.2) is 6.33 Å². The summed E-state index contributed by atoms with van der Waals surface area (Å²) in [5, 5.41) is 6.20. The molecule has 0 aliphatic carbocycles. The lowest BCUT2D eigenvalue weighted by Crippen LogP contribution is -2.30. The van der Waals surface area contributed by atoms with Crippen molar-refractivity contribution in [2.75, 3.05) is 13.1 Å². The molecule has 0 aliphatic heterocycles. The van der Waals surface area contributed by atoms with Gasteiger partial charge in [-0.15, -0.1) is 0 Å². The standard InChI is InChI=1S/C7H11F3N4/c1-14-5-12-6(13-14)2-3-11-4-7(8,9)10/h5,11H,2-4H2,1H3. The Morgan fingerprint density at radius 1 is 1.50 bits per heavy atom. The summed E-state index contributed by atoms with van der Waals surface area (Å²) in [6.45, 7) is -0.747. The molecule has 1 aromatic rings. The van der Waals surface area contributed by atoms with Crippen LogP contribution in [0.2, 0.25) is 0 Å². The third kappa shape index (κ3) is 4.22. The van der Waals surface area contributed by atoms with Gasteiger partial charge in [0, 0.05) is 20.0 Å². The maximum Gasteiger partial charge on any atom is 0.401 e. The van der Waals surface area contributed by atoms with Crippen LogP contribution in [0.5, 0.6) is 0 Å². The maximum atomic E-state index is 11.7. The van der Waals surface area contributed by atoms with E-state index >= 15 is 0 Å². The number of hydrogen-bond donors (Lipinski definition) is 1. The van der Waals surface area contributed by atoms with Crippen molar-refractivity contribution < 1.29 is 13.2 Å².